The number of alkyl halides is 3. The van der Waals surface area contributed by atoms with Gasteiger partial charge in [-0.3, -0.25) is 4.98 Å². The first-order chi connectivity index (χ1) is 5.43. The maximum Gasteiger partial charge on any atom is 0.434 e. The second kappa shape index (κ2) is 3.49. The van der Waals surface area contributed by atoms with Crippen molar-refractivity contribution in [2.75, 3.05) is 0 Å². The van der Waals surface area contributed by atoms with E-state index in [9.17, 15) is 13.2 Å². The molecule has 6 heteroatoms. The van der Waals surface area contributed by atoms with Crippen molar-refractivity contribution in [1.29, 1.82) is 0 Å². The fraction of sp³-hybridized carbons (Fsp3) is 0.167. The smallest absolute Gasteiger partial charge is 0.251 e. The summed E-state index contributed by atoms with van der Waals surface area (Å²) in [5.41, 5.74) is -0.880. The first kappa shape index (κ1) is 10.2. The Hall–Kier alpha value is 0.150. The maximum absolute atomic E-state index is 12.1. The Morgan fingerprint density at radius 1 is 1.42 bits per heavy atom. The molecule has 1 rings (SSSR count). The average Bonchev–Trinajstić information content (AvgIpc) is 1.92. The molecule has 0 aromatic carbocycles. The van der Waals surface area contributed by atoms with Crippen LogP contribution in [0.5, 0.6) is 0 Å². The van der Waals surface area contributed by atoms with Crippen molar-refractivity contribution in [3.8, 4) is 0 Å². The lowest BCUT2D eigenvalue weighted by Gasteiger charge is -2.07. The number of aromatic nitrogens is 1. The van der Waals surface area contributed by atoms with E-state index in [2.05, 4.69) is 20.9 Å². The van der Waals surface area contributed by atoms with Crippen LogP contribution in [-0.2, 0) is 6.18 Å². The van der Waals surface area contributed by atoms with E-state index in [1.807, 2.05) is 0 Å². The third-order valence-electron chi connectivity index (χ3n) is 1.11. The molecule has 0 atom stereocenters. The van der Waals surface area contributed by atoms with Gasteiger partial charge in [-0.05, 0) is 44.6 Å². The molecule has 0 N–H and O–H groups in total. The van der Waals surface area contributed by atoms with E-state index in [1.54, 1.807) is 22.6 Å². The van der Waals surface area contributed by atoms with Crippen molar-refractivity contribution >= 4 is 38.5 Å². The molecule has 0 radical (unpaired) electrons. The van der Waals surface area contributed by atoms with Crippen molar-refractivity contribution < 1.29 is 13.2 Å². The van der Waals surface area contributed by atoms with Gasteiger partial charge in [-0.1, -0.05) is 0 Å². The number of hydrogen-bond acceptors (Lipinski definition) is 1. The zero-order chi connectivity index (χ0) is 9.35. The zero-order valence-corrected chi connectivity index (χ0v) is 9.24. The first-order valence-corrected chi connectivity index (χ1v) is 4.67. The molecule has 0 amide bonds. The third-order valence-corrected chi connectivity index (χ3v) is 3.55. The summed E-state index contributed by atoms with van der Waals surface area (Å²) in [6.07, 6.45) is -3.25. The fourth-order valence-corrected chi connectivity index (χ4v) is 1.49. The summed E-state index contributed by atoms with van der Waals surface area (Å²) in [5, 5.41) is 0. The van der Waals surface area contributed by atoms with Crippen molar-refractivity contribution in [2.45, 2.75) is 6.18 Å². The molecule has 0 aliphatic heterocycles. The maximum atomic E-state index is 12.1. The van der Waals surface area contributed by atoms with Crippen LogP contribution in [0.4, 0.5) is 13.2 Å². The molecule has 1 heterocycles. The Balaban J connectivity index is 3.26. The SMILES string of the molecule is FC(F)(F)c1nccc(I)c1Br. The number of nitrogens with zero attached hydrogens (tertiary/aromatic N) is 1. The Morgan fingerprint density at radius 3 is 2.42 bits per heavy atom. The number of rotatable bonds is 0. The molecule has 0 fully saturated rings. The van der Waals surface area contributed by atoms with Crippen LogP contribution in [0.2, 0.25) is 0 Å². The molecule has 12 heavy (non-hydrogen) atoms. The summed E-state index contributed by atoms with van der Waals surface area (Å²) in [6, 6.07) is 1.50. The van der Waals surface area contributed by atoms with Gasteiger partial charge in [-0.15, -0.1) is 0 Å². The highest BCUT2D eigenvalue weighted by Crippen LogP contribution is 2.34. The highest BCUT2D eigenvalue weighted by molar-refractivity contribution is 14.1. The summed E-state index contributed by atoms with van der Waals surface area (Å²) in [7, 11) is 0. The molecule has 0 saturated carbocycles. The lowest BCUT2D eigenvalue weighted by Crippen LogP contribution is -2.09. The normalized spacial score (nSPS) is 11.8. The van der Waals surface area contributed by atoms with E-state index in [4.69, 9.17) is 0 Å². The summed E-state index contributed by atoms with van der Waals surface area (Å²) in [5.74, 6) is 0. The van der Waals surface area contributed by atoms with Gasteiger partial charge in [-0.25, -0.2) is 0 Å². The van der Waals surface area contributed by atoms with Gasteiger partial charge in [0, 0.05) is 9.77 Å². The Morgan fingerprint density at radius 2 is 2.00 bits per heavy atom. The zero-order valence-electron chi connectivity index (χ0n) is 5.49. The second-order valence-corrected chi connectivity index (χ2v) is 3.91. The molecule has 1 aromatic heterocycles. The van der Waals surface area contributed by atoms with Crippen LogP contribution in [0.15, 0.2) is 16.7 Å². The van der Waals surface area contributed by atoms with E-state index >= 15 is 0 Å². The molecule has 0 aliphatic carbocycles. The molecular formula is C6H2BrF3IN. The highest BCUT2D eigenvalue weighted by Gasteiger charge is 2.35. The number of hydrogen-bond donors (Lipinski definition) is 0. The van der Waals surface area contributed by atoms with Crippen molar-refractivity contribution in [2.24, 2.45) is 0 Å². The van der Waals surface area contributed by atoms with Crippen LogP contribution in [0.1, 0.15) is 5.69 Å². The van der Waals surface area contributed by atoms with Crippen LogP contribution in [0, 0.1) is 3.57 Å². The molecule has 1 nitrogen and oxygen atoms in total. The highest BCUT2D eigenvalue weighted by atomic mass is 127. The van der Waals surface area contributed by atoms with Gasteiger partial charge in [0.15, 0.2) is 5.69 Å². The lowest BCUT2D eigenvalue weighted by molar-refractivity contribution is -0.141. The summed E-state index contributed by atoms with van der Waals surface area (Å²) < 4.78 is 36.9. The lowest BCUT2D eigenvalue weighted by atomic mass is 10.3. The standard InChI is InChI=1S/C6H2BrF3IN/c7-4-3(11)1-2-12-5(4)6(8,9)10/h1-2H. The Kier molecular flexibility index (Phi) is 2.97. The third kappa shape index (κ3) is 2.09. The van der Waals surface area contributed by atoms with E-state index in [0.717, 1.165) is 6.20 Å². The monoisotopic (exact) mass is 351 g/mol. The van der Waals surface area contributed by atoms with Gasteiger partial charge in [0.1, 0.15) is 0 Å². The van der Waals surface area contributed by atoms with Gasteiger partial charge in [-0.2, -0.15) is 13.2 Å². The minimum atomic E-state index is -4.39. The van der Waals surface area contributed by atoms with E-state index in [-0.39, 0.29) is 4.47 Å². The molecule has 0 saturated heterocycles. The molecule has 0 bridgehead atoms. The minimum absolute atomic E-state index is 0.00176. The van der Waals surface area contributed by atoms with Crippen LogP contribution in [-0.4, -0.2) is 4.98 Å². The average molecular weight is 352 g/mol. The van der Waals surface area contributed by atoms with E-state index in [1.165, 1.54) is 6.07 Å². The molecule has 0 unspecified atom stereocenters. The van der Waals surface area contributed by atoms with E-state index < -0.39 is 11.9 Å². The van der Waals surface area contributed by atoms with Crippen molar-refractivity contribution in [3.63, 3.8) is 0 Å². The van der Waals surface area contributed by atoms with Crippen LogP contribution >= 0.6 is 38.5 Å². The van der Waals surface area contributed by atoms with Gasteiger partial charge in [0.25, 0.3) is 0 Å². The van der Waals surface area contributed by atoms with Crippen molar-refractivity contribution in [3.05, 3.63) is 26.0 Å². The predicted molar refractivity (Wildman–Crippen MR) is 49.7 cm³/mol. The molecule has 66 valence electrons. The largest absolute Gasteiger partial charge is 0.434 e. The van der Waals surface area contributed by atoms with Crippen molar-refractivity contribution in [1.82, 2.24) is 4.98 Å². The quantitative estimate of drug-likeness (QED) is 0.652. The Bertz CT molecular complexity index is 299. The summed E-state index contributed by atoms with van der Waals surface area (Å²) in [6.45, 7) is 0. The molecule has 0 spiro atoms. The van der Waals surface area contributed by atoms with Crippen LogP contribution in [0.3, 0.4) is 0 Å². The first-order valence-electron chi connectivity index (χ1n) is 2.80. The number of pyridine rings is 1. The van der Waals surface area contributed by atoms with Crippen LogP contribution < -0.4 is 0 Å². The number of halogens is 5. The molecular weight excluding hydrogens is 350 g/mol. The molecule has 0 aliphatic rings. The fourth-order valence-electron chi connectivity index (χ4n) is 0.618. The predicted octanol–water partition coefficient (Wildman–Crippen LogP) is 3.47. The van der Waals surface area contributed by atoms with Crippen LogP contribution in [0.25, 0.3) is 0 Å². The van der Waals surface area contributed by atoms with E-state index in [0.29, 0.717) is 3.57 Å². The minimum Gasteiger partial charge on any atom is -0.251 e. The summed E-state index contributed by atoms with van der Waals surface area (Å²) >= 11 is 4.63. The van der Waals surface area contributed by atoms with Gasteiger partial charge >= 0.3 is 6.18 Å². The second-order valence-electron chi connectivity index (χ2n) is 1.95. The summed E-state index contributed by atoms with van der Waals surface area (Å²) in [4.78, 5) is 3.23. The topological polar surface area (TPSA) is 12.9 Å². The van der Waals surface area contributed by atoms with Gasteiger partial charge in [0.05, 0.1) is 4.47 Å². The van der Waals surface area contributed by atoms with Gasteiger partial charge < -0.3 is 0 Å². The van der Waals surface area contributed by atoms with Gasteiger partial charge in [0.2, 0.25) is 0 Å². The Labute approximate surface area is 88.6 Å². The molecule has 1 aromatic rings.